The van der Waals surface area contributed by atoms with E-state index in [4.69, 9.17) is 0 Å². The highest BCUT2D eigenvalue weighted by Gasteiger charge is 2.32. The minimum atomic E-state index is -4.82. The van der Waals surface area contributed by atoms with Gasteiger partial charge in [0.05, 0.1) is 0 Å². The number of hydrogen-bond donors (Lipinski definition) is 2. The molecule has 3 heterocycles. The Bertz CT molecular complexity index is 1140. The van der Waals surface area contributed by atoms with Crippen molar-refractivity contribution in [1.82, 2.24) is 25.3 Å². The molecule has 1 saturated heterocycles. The summed E-state index contributed by atoms with van der Waals surface area (Å²) in [5.74, 6) is -0.0536. The number of amides is 1. The Balaban J connectivity index is 1.38. The van der Waals surface area contributed by atoms with Gasteiger partial charge in [0.2, 0.25) is 16.2 Å². The number of ether oxygens (including phenoxy) is 1. The van der Waals surface area contributed by atoms with Crippen LogP contribution < -0.4 is 20.3 Å². The third-order valence-electron chi connectivity index (χ3n) is 5.23. The topological polar surface area (TPSA) is 108 Å². The molecule has 3 aromatic rings. The van der Waals surface area contributed by atoms with Gasteiger partial charge in [0.1, 0.15) is 11.8 Å². The van der Waals surface area contributed by atoms with Gasteiger partial charge in [-0.3, -0.25) is 15.0 Å². The first-order chi connectivity index (χ1) is 16.7. The first-order valence-electron chi connectivity index (χ1n) is 10.6. The van der Waals surface area contributed by atoms with Crippen LogP contribution in [0.5, 0.6) is 5.75 Å². The molecule has 10 nitrogen and oxygen atoms in total. The lowest BCUT2D eigenvalue weighted by atomic mass is 10.0. The van der Waals surface area contributed by atoms with Gasteiger partial charge in [0, 0.05) is 25.3 Å². The van der Waals surface area contributed by atoms with Gasteiger partial charge >= 0.3 is 6.36 Å². The lowest BCUT2D eigenvalue weighted by molar-refractivity contribution is -0.274. The van der Waals surface area contributed by atoms with Gasteiger partial charge in [0.25, 0.3) is 0 Å². The fourth-order valence-electron chi connectivity index (χ4n) is 3.79. The molecule has 2 aromatic heterocycles. The predicted octanol–water partition coefficient (Wildman–Crippen LogP) is 3.16. The quantitative estimate of drug-likeness (QED) is 0.474. The van der Waals surface area contributed by atoms with Crippen molar-refractivity contribution in [3.8, 4) is 5.75 Å². The van der Waals surface area contributed by atoms with Gasteiger partial charge < -0.3 is 15.0 Å². The smallest absolute Gasteiger partial charge is 0.406 e. The molecular weight excluding hydrogens is 485 g/mol. The van der Waals surface area contributed by atoms with Crippen molar-refractivity contribution in [3.63, 3.8) is 0 Å². The monoisotopic (exact) mass is 508 g/mol. The largest absolute Gasteiger partial charge is 0.573 e. The van der Waals surface area contributed by atoms with Crippen LogP contribution in [0, 0.1) is 0 Å². The molecule has 0 saturated carbocycles. The molecule has 4 rings (SSSR count). The molecule has 1 amide bonds. The number of rotatable bonds is 8. The van der Waals surface area contributed by atoms with Gasteiger partial charge in [-0.1, -0.05) is 23.5 Å². The molecule has 1 fully saturated rings. The Morgan fingerprint density at radius 2 is 2.00 bits per heavy atom. The number of nitrogens with one attached hydrogen (secondary N) is 2. The van der Waals surface area contributed by atoms with Crippen LogP contribution in [-0.4, -0.2) is 70.8 Å². The third-order valence-corrected chi connectivity index (χ3v) is 6.00. The zero-order valence-corrected chi connectivity index (χ0v) is 19.7. The summed E-state index contributed by atoms with van der Waals surface area (Å²) in [5, 5.41) is 23.0. The van der Waals surface area contributed by atoms with Crippen molar-refractivity contribution in [2.45, 2.75) is 24.9 Å². The van der Waals surface area contributed by atoms with Crippen LogP contribution in [0.2, 0.25) is 0 Å². The number of anilines is 3. The number of halogens is 3. The molecular formula is C21H23F3N8O2S. The summed E-state index contributed by atoms with van der Waals surface area (Å²) < 4.78 is 41.8. The summed E-state index contributed by atoms with van der Waals surface area (Å²) in [6.45, 7) is 1.54. The van der Waals surface area contributed by atoms with Gasteiger partial charge in [-0.25, -0.2) is 0 Å². The van der Waals surface area contributed by atoms with Gasteiger partial charge in [-0.05, 0) is 50.3 Å². The Kier molecular flexibility index (Phi) is 7.31. The van der Waals surface area contributed by atoms with Crippen molar-refractivity contribution in [2.75, 3.05) is 42.7 Å². The first-order valence-corrected chi connectivity index (χ1v) is 11.5. The van der Waals surface area contributed by atoms with Crippen LogP contribution >= 0.6 is 11.3 Å². The maximum Gasteiger partial charge on any atom is 0.573 e. The molecule has 1 aliphatic rings. The van der Waals surface area contributed by atoms with Crippen LogP contribution in [0.25, 0.3) is 0 Å². The minimum absolute atomic E-state index is 0.124. The minimum Gasteiger partial charge on any atom is -0.406 e. The number of carbonyl (C=O) groups is 1. The number of benzene rings is 1. The lowest BCUT2D eigenvalue weighted by Crippen LogP contribution is -2.32. The summed E-state index contributed by atoms with van der Waals surface area (Å²) in [4.78, 5) is 16.7. The maximum atomic E-state index is 13.0. The highest BCUT2D eigenvalue weighted by atomic mass is 32.1. The van der Waals surface area contributed by atoms with E-state index >= 15 is 0 Å². The van der Waals surface area contributed by atoms with E-state index in [2.05, 4.69) is 40.7 Å². The summed E-state index contributed by atoms with van der Waals surface area (Å²) in [6, 6.07) is 8.32. The number of carbonyl (C=O) groups excluding carboxylic acids is 1. The fraction of sp³-hybridized carbons (Fsp3) is 0.381. The van der Waals surface area contributed by atoms with E-state index < -0.39 is 24.1 Å². The Morgan fingerprint density at radius 1 is 1.20 bits per heavy atom. The summed E-state index contributed by atoms with van der Waals surface area (Å²) in [5.41, 5.74) is 0.340. The number of nitrogens with zero attached hydrogens (tertiary/aromatic N) is 6. The van der Waals surface area contributed by atoms with Crippen molar-refractivity contribution < 1.29 is 22.7 Å². The number of alkyl halides is 3. The summed E-state index contributed by atoms with van der Waals surface area (Å²) >= 11 is 1.18. The van der Waals surface area contributed by atoms with Gasteiger partial charge in [-0.15, -0.1) is 28.5 Å². The summed E-state index contributed by atoms with van der Waals surface area (Å²) in [6.07, 6.45) is -2.33. The van der Waals surface area contributed by atoms with E-state index in [1.54, 1.807) is 31.3 Å². The average molecular weight is 509 g/mol. The zero-order valence-electron chi connectivity index (χ0n) is 18.9. The summed E-state index contributed by atoms with van der Waals surface area (Å²) in [7, 11) is 3.30. The predicted molar refractivity (Wildman–Crippen MR) is 124 cm³/mol. The molecule has 2 N–H and O–H groups in total. The van der Waals surface area contributed by atoms with Crippen molar-refractivity contribution in [3.05, 3.63) is 48.2 Å². The molecule has 1 aromatic carbocycles. The fourth-order valence-corrected chi connectivity index (χ4v) is 4.52. The average Bonchev–Trinajstić information content (AvgIpc) is 3.43. The first kappa shape index (κ1) is 24.6. The molecule has 0 spiro atoms. The molecule has 0 radical (unpaired) electrons. The Hall–Kier alpha value is -3.52. The Morgan fingerprint density at radius 3 is 2.71 bits per heavy atom. The van der Waals surface area contributed by atoms with E-state index in [1.165, 1.54) is 29.5 Å². The van der Waals surface area contributed by atoms with E-state index in [9.17, 15) is 18.0 Å². The number of likely N-dealkylation sites (N-methyl/N-ethyl adjacent to an activating group) is 1. The second-order valence-electron chi connectivity index (χ2n) is 8.05. The number of aromatic nitrogens is 4. The van der Waals surface area contributed by atoms with E-state index in [1.807, 2.05) is 12.1 Å². The number of hydrogen-bond acceptors (Lipinski definition) is 10. The molecule has 186 valence electrons. The Labute approximate surface area is 203 Å². The molecule has 14 heteroatoms. The van der Waals surface area contributed by atoms with Crippen LogP contribution in [-0.2, 0) is 4.79 Å². The van der Waals surface area contributed by atoms with Gasteiger partial charge in [0.15, 0.2) is 5.82 Å². The zero-order chi connectivity index (χ0) is 25.0. The molecule has 35 heavy (non-hydrogen) atoms. The van der Waals surface area contributed by atoms with Crippen LogP contribution in [0.3, 0.4) is 0 Å². The standard InChI is InChI=1S/C21H23F3N8O2S/c1-31(2)17(13-5-3-6-15(11-13)34-21(22,23)24)18(33)27-20-30-29-19(35-20)26-14-8-10-32(12-14)16-7-4-9-25-28-16/h3-7,9,11,14,17H,8,10,12H2,1-2H3,(H,26,29)(H,27,30,33). The second-order valence-corrected chi connectivity index (χ2v) is 9.02. The molecule has 0 aliphatic carbocycles. The maximum absolute atomic E-state index is 13.0. The van der Waals surface area contributed by atoms with E-state index in [0.29, 0.717) is 10.7 Å². The highest BCUT2D eigenvalue weighted by molar-refractivity contribution is 7.19. The molecule has 2 unspecified atom stereocenters. The normalized spacial score (nSPS) is 16.9. The van der Waals surface area contributed by atoms with E-state index in [0.717, 1.165) is 25.3 Å². The van der Waals surface area contributed by atoms with Gasteiger partial charge in [-0.2, -0.15) is 5.10 Å². The highest BCUT2D eigenvalue weighted by Crippen LogP contribution is 2.29. The molecule has 1 aliphatic heterocycles. The van der Waals surface area contributed by atoms with Crippen LogP contribution in [0.15, 0.2) is 42.6 Å². The van der Waals surface area contributed by atoms with Crippen molar-refractivity contribution in [2.24, 2.45) is 0 Å². The second kappa shape index (κ2) is 10.4. The molecule has 0 bridgehead atoms. The third kappa shape index (κ3) is 6.54. The lowest BCUT2D eigenvalue weighted by Gasteiger charge is -2.23. The van der Waals surface area contributed by atoms with Crippen molar-refractivity contribution >= 4 is 33.3 Å². The van der Waals surface area contributed by atoms with E-state index in [-0.39, 0.29) is 11.2 Å². The molecule has 2 atom stereocenters. The van der Waals surface area contributed by atoms with Crippen LogP contribution in [0.4, 0.5) is 29.3 Å². The SMILES string of the molecule is CN(C)C(C(=O)Nc1nnc(NC2CCN(c3cccnn3)C2)s1)c1cccc(OC(F)(F)F)c1. The van der Waals surface area contributed by atoms with Crippen molar-refractivity contribution in [1.29, 1.82) is 0 Å². The van der Waals surface area contributed by atoms with Crippen LogP contribution in [0.1, 0.15) is 18.0 Å².